The average Bonchev–Trinajstić information content (AvgIpc) is 2.25. The molecule has 0 radical (unpaired) electrons. The molecule has 0 spiro atoms. The second kappa shape index (κ2) is 8.01. The number of likely N-dealkylation sites (tertiary alicyclic amines) is 1. The van der Waals surface area contributed by atoms with Crippen molar-refractivity contribution in [3.8, 4) is 0 Å². The van der Waals surface area contributed by atoms with E-state index in [4.69, 9.17) is 0 Å². The van der Waals surface area contributed by atoms with Crippen LogP contribution in [0.15, 0.2) is 12.7 Å². The van der Waals surface area contributed by atoms with E-state index >= 15 is 0 Å². The molecule has 1 N–H and O–H groups in total. The van der Waals surface area contributed by atoms with Crippen molar-refractivity contribution in [1.29, 1.82) is 0 Å². The van der Waals surface area contributed by atoms with Crippen LogP contribution in [0.25, 0.3) is 0 Å². The second-order valence-electron chi connectivity index (χ2n) is 4.08. The maximum atomic E-state index is 3.72. The molecule has 0 amide bonds. The Kier molecular flexibility index (Phi) is 6.71. The molecule has 1 rings (SSSR count). The summed E-state index contributed by atoms with van der Waals surface area (Å²) in [7, 11) is 0. The molecule has 0 aromatic rings. The van der Waals surface area contributed by atoms with Gasteiger partial charge in [-0.3, -0.25) is 0 Å². The Morgan fingerprint density at radius 2 is 1.93 bits per heavy atom. The van der Waals surface area contributed by atoms with Crippen molar-refractivity contribution in [3.05, 3.63) is 12.7 Å². The Bertz CT molecular complexity index is 139. The smallest absolute Gasteiger partial charge is 0.0107 e. The fraction of sp³-hybridized carbons (Fsp3) is 0.833. The number of hydrogen-bond donors (Lipinski definition) is 1. The molecule has 2 nitrogen and oxygen atoms in total. The minimum atomic E-state index is 1.14. The number of unbranched alkanes of at least 4 members (excludes halogenated alkanes) is 1. The van der Waals surface area contributed by atoms with Gasteiger partial charge >= 0.3 is 0 Å². The van der Waals surface area contributed by atoms with E-state index in [0.717, 1.165) is 19.5 Å². The van der Waals surface area contributed by atoms with Gasteiger partial charge in [-0.15, -0.1) is 6.58 Å². The lowest BCUT2D eigenvalue weighted by Gasteiger charge is -2.26. The standard InChI is InChI=1S/C12H24N2/c1-2-3-5-8-13-9-12-14-10-6-4-7-11-14/h2,13H,1,3-12H2. The van der Waals surface area contributed by atoms with E-state index in [2.05, 4.69) is 16.8 Å². The van der Waals surface area contributed by atoms with E-state index in [1.54, 1.807) is 0 Å². The predicted molar refractivity (Wildman–Crippen MR) is 62.6 cm³/mol. The molecule has 1 aliphatic heterocycles. The summed E-state index contributed by atoms with van der Waals surface area (Å²) in [5.74, 6) is 0. The normalized spacial score (nSPS) is 18.3. The molecule has 82 valence electrons. The largest absolute Gasteiger partial charge is 0.315 e. The zero-order chi connectivity index (χ0) is 10.1. The molecule has 1 heterocycles. The summed E-state index contributed by atoms with van der Waals surface area (Å²) in [4.78, 5) is 2.57. The van der Waals surface area contributed by atoms with Crippen molar-refractivity contribution in [3.63, 3.8) is 0 Å². The summed E-state index contributed by atoms with van der Waals surface area (Å²) < 4.78 is 0. The van der Waals surface area contributed by atoms with E-state index in [1.807, 2.05) is 6.08 Å². The van der Waals surface area contributed by atoms with Crippen LogP contribution < -0.4 is 5.32 Å². The van der Waals surface area contributed by atoms with Crippen LogP contribution in [0, 0.1) is 0 Å². The van der Waals surface area contributed by atoms with Crippen LogP contribution in [-0.2, 0) is 0 Å². The van der Waals surface area contributed by atoms with Crippen LogP contribution in [0.5, 0.6) is 0 Å². The summed E-state index contributed by atoms with van der Waals surface area (Å²) in [5, 5.41) is 3.48. The first-order valence-corrected chi connectivity index (χ1v) is 5.97. The molecule has 0 atom stereocenters. The average molecular weight is 196 g/mol. The van der Waals surface area contributed by atoms with Gasteiger partial charge < -0.3 is 10.2 Å². The summed E-state index contributed by atoms with van der Waals surface area (Å²) in [5.41, 5.74) is 0. The Morgan fingerprint density at radius 3 is 2.64 bits per heavy atom. The number of nitrogens with zero attached hydrogens (tertiary/aromatic N) is 1. The van der Waals surface area contributed by atoms with Crippen molar-refractivity contribution < 1.29 is 0 Å². The van der Waals surface area contributed by atoms with Crippen LogP contribution in [0.1, 0.15) is 32.1 Å². The molecular weight excluding hydrogens is 172 g/mol. The molecule has 0 aliphatic carbocycles. The SMILES string of the molecule is C=CCCCNCCN1CCCCC1. The third-order valence-corrected chi connectivity index (χ3v) is 2.82. The number of rotatable bonds is 7. The molecular formula is C12H24N2. The topological polar surface area (TPSA) is 15.3 Å². The molecule has 0 bridgehead atoms. The third-order valence-electron chi connectivity index (χ3n) is 2.82. The fourth-order valence-corrected chi connectivity index (χ4v) is 1.92. The van der Waals surface area contributed by atoms with Crippen molar-refractivity contribution in [1.82, 2.24) is 10.2 Å². The summed E-state index contributed by atoms with van der Waals surface area (Å²) in [6, 6.07) is 0. The van der Waals surface area contributed by atoms with Gasteiger partial charge in [-0.25, -0.2) is 0 Å². The molecule has 0 unspecified atom stereocenters. The van der Waals surface area contributed by atoms with Crippen LogP contribution in [-0.4, -0.2) is 37.6 Å². The van der Waals surface area contributed by atoms with Gasteiger partial charge in [0.1, 0.15) is 0 Å². The summed E-state index contributed by atoms with van der Waals surface area (Å²) >= 11 is 0. The monoisotopic (exact) mass is 196 g/mol. The van der Waals surface area contributed by atoms with Crippen LogP contribution >= 0.6 is 0 Å². The lowest BCUT2D eigenvalue weighted by Crippen LogP contribution is -2.36. The molecule has 0 saturated carbocycles. The van der Waals surface area contributed by atoms with Gasteiger partial charge in [-0.05, 0) is 45.3 Å². The highest BCUT2D eigenvalue weighted by molar-refractivity contribution is 4.68. The van der Waals surface area contributed by atoms with E-state index in [9.17, 15) is 0 Å². The highest BCUT2D eigenvalue weighted by Gasteiger charge is 2.08. The third kappa shape index (κ3) is 5.40. The van der Waals surface area contributed by atoms with Gasteiger partial charge in [0.05, 0.1) is 0 Å². The summed E-state index contributed by atoms with van der Waals surface area (Å²) in [6.45, 7) is 9.86. The van der Waals surface area contributed by atoms with Gasteiger partial charge in [0.25, 0.3) is 0 Å². The highest BCUT2D eigenvalue weighted by atomic mass is 15.1. The van der Waals surface area contributed by atoms with E-state index in [-0.39, 0.29) is 0 Å². The van der Waals surface area contributed by atoms with Crippen LogP contribution in [0.3, 0.4) is 0 Å². The minimum Gasteiger partial charge on any atom is -0.315 e. The minimum absolute atomic E-state index is 1.14. The number of allylic oxidation sites excluding steroid dienone is 1. The Balaban J connectivity index is 1.85. The Morgan fingerprint density at radius 1 is 1.14 bits per heavy atom. The maximum absolute atomic E-state index is 3.72. The molecule has 1 saturated heterocycles. The van der Waals surface area contributed by atoms with Crippen LogP contribution in [0.4, 0.5) is 0 Å². The molecule has 14 heavy (non-hydrogen) atoms. The van der Waals surface area contributed by atoms with Crippen molar-refractivity contribution >= 4 is 0 Å². The van der Waals surface area contributed by atoms with Gasteiger partial charge in [0, 0.05) is 13.1 Å². The molecule has 0 aromatic carbocycles. The maximum Gasteiger partial charge on any atom is 0.0107 e. The van der Waals surface area contributed by atoms with Crippen molar-refractivity contribution in [2.45, 2.75) is 32.1 Å². The molecule has 2 heteroatoms. The second-order valence-corrected chi connectivity index (χ2v) is 4.08. The fourth-order valence-electron chi connectivity index (χ4n) is 1.92. The summed E-state index contributed by atoms with van der Waals surface area (Å²) in [6.07, 6.45) is 8.59. The van der Waals surface area contributed by atoms with Gasteiger partial charge in [-0.2, -0.15) is 0 Å². The first-order chi connectivity index (χ1) is 6.93. The lowest BCUT2D eigenvalue weighted by atomic mass is 10.1. The molecule has 1 fully saturated rings. The zero-order valence-corrected chi connectivity index (χ0v) is 9.30. The lowest BCUT2D eigenvalue weighted by molar-refractivity contribution is 0.229. The quantitative estimate of drug-likeness (QED) is 0.495. The van der Waals surface area contributed by atoms with Crippen molar-refractivity contribution in [2.24, 2.45) is 0 Å². The first kappa shape index (κ1) is 11.7. The van der Waals surface area contributed by atoms with E-state index < -0.39 is 0 Å². The van der Waals surface area contributed by atoms with E-state index in [1.165, 1.54) is 45.3 Å². The van der Waals surface area contributed by atoms with Gasteiger partial charge in [-0.1, -0.05) is 12.5 Å². The Labute approximate surface area is 88.4 Å². The van der Waals surface area contributed by atoms with Crippen molar-refractivity contribution in [2.75, 3.05) is 32.7 Å². The highest BCUT2D eigenvalue weighted by Crippen LogP contribution is 2.07. The molecule has 0 aromatic heterocycles. The predicted octanol–water partition coefficient (Wildman–Crippen LogP) is 2.03. The zero-order valence-electron chi connectivity index (χ0n) is 9.30. The molecule has 1 aliphatic rings. The van der Waals surface area contributed by atoms with E-state index in [0.29, 0.717) is 0 Å². The van der Waals surface area contributed by atoms with Crippen LogP contribution in [0.2, 0.25) is 0 Å². The Hall–Kier alpha value is -0.340. The van der Waals surface area contributed by atoms with Gasteiger partial charge in [0.2, 0.25) is 0 Å². The number of nitrogens with one attached hydrogen (secondary N) is 1. The number of hydrogen-bond acceptors (Lipinski definition) is 2. The van der Waals surface area contributed by atoms with Gasteiger partial charge in [0.15, 0.2) is 0 Å². The number of piperidine rings is 1. The first-order valence-electron chi connectivity index (χ1n) is 5.97.